The summed E-state index contributed by atoms with van der Waals surface area (Å²) in [5, 5.41) is 13.3. The Morgan fingerprint density at radius 2 is 2.19 bits per heavy atom. The molecule has 5 nitrogen and oxygen atoms in total. The van der Waals surface area contributed by atoms with Crippen molar-refractivity contribution >= 4 is 5.91 Å². The minimum atomic E-state index is -0.0280. The number of phenols is 1. The van der Waals surface area contributed by atoms with E-state index in [4.69, 9.17) is 4.74 Å². The first-order chi connectivity index (χ1) is 10.1. The molecule has 2 unspecified atom stereocenters. The lowest BCUT2D eigenvalue weighted by Crippen LogP contribution is -2.57. The number of piperazine rings is 1. The first-order valence-electron chi connectivity index (χ1n) is 7.52. The third-order valence-corrected chi connectivity index (χ3v) is 4.15. The van der Waals surface area contributed by atoms with E-state index < -0.39 is 0 Å². The first-order valence-corrected chi connectivity index (χ1v) is 7.52. The van der Waals surface area contributed by atoms with Crippen LogP contribution in [0.5, 0.6) is 11.5 Å². The van der Waals surface area contributed by atoms with Gasteiger partial charge in [-0.05, 0) is 31.0 Å². The molecule has 0 spiro atoms. The molecule has 2 N–H and O–H groups in total. The molecule has 1 aromatic rings. The molecule has 1 amide bonds. The van der Waals surface area contributed by atoms with Crippen LogP contribution in [-0.4, -0.2) is 48.2 Å². The molecule has 1 fully saturated rings. The van der Waals surface area contributed by atoms with Gasteiger partial charge in [-0.25, -0.2) is 0 Å². The fraction of sp³-hybridized carbons (Fsp3) is 0.562. The number of methoxy groups -OCH3 is 1. The summed E-state index contributed by atoms with van der Waals surface area (Å²) in [4.78, 5) is 14.7. The molecule has 1 heterocycles. The van der Waals surface area contributed by atoms with Crippen LogP contribution < -0.4 is 10.1 Å². The predicted molar refractivity (Wildman–Crippen MR) is 81.9 cm³/mol. The maximum atomic E-state index is 12.7. The molecule has 5 heteroatoms. The molecule has 116 valence electrons. The summed E-state index contributed by atoms with van der Waals surface area (Å²) >= 11 is 0. The zero-order chi connectivity index (χ0) is 15.4. The van der Waals surface area contributed by atoms with Gasteiger partial charge in [0.2, 0.25) is 0 Å². The number of carbonyl (C=O) groups is 1. The van der Waals surface area contributed by atoms with Crippen LogP contribution in [0.3, 0.4) is 0 Å². The Labute approximate surface area is 125 Å². The highest BCUT2D eigenvalue weighted by molar-refractivity contribution is 5.95. The van der Waals surface area contributed by atoms with Gasteiger partial charge < -0.3 is 20.1 Å². The number of carbonyl (C=O) groups excluding carboxylic acids is 1. The predicted octanol–water partition coefficient (Wildman–Crippen LogP) is 2.00. The van der Waals surface area contributed by atoms with E-state index >= 15 is 0 Å². The van der Waals surface area contributed by atoms with E-state index in [0.717, 1.165) is 19.4 Å². The molecular formula is C16H24N2O3. The number of phenolic OH excluding ortho intramolecular Hbond substituents is 1. The molecule has 0 aliphatic carbocycles. The van der Waals surface area contributed by atoms with Crippen molar-refractivity contribution in [1.29, 1.82) is 0 Å². The molecule has 1 aliphatic rings. The molecule has 0 aromatic heterocycles. The standard InChI is InChI=1S/C16H24N2O3/c1-4-12-10-18(13(5-2)9-17-12)16(20)11-6-7-15(21-3)14(19)8-11/h6-8,12-13,17,19H,4-5,9-10H2,1-3H3. The first kappa shape index (κ1) is 15.6. The van der Waals surface area contributed by atoms with Crippen molar-refractivity contribution in [2.24, 2.45) is 0 Å². The second-order valence-electron chi connectivity index (χ2n) is 5.42. The fourth-order valence-electron chi connectivity index (χ4n) is 2.74. The van der Waals surface area contributed by atoms with Crippen molar-refractivity contribution < 1.29 is 14.6 Å². The number of hydrogen-bond donors (Lipinski definition) is 2. The maximum absolute atomic E-state index is 12.7. The van der Waals surface area contributed by atoms with Crippen LogP contribution in [0.1, 0.15) is 37.0 Å². The summed E-state index contributed by atoms with van der Waals surface area (Å²) in [6.45, 7) is 5.74. The van der Waals surface area contributed by atoms with E-state index in [-0.39, 0.29) is 17.7 Å². The van der Waals surface area contributed by atoms with Gasteiger partial charge in [0.25, 0.3) is 5.91 Å². The van der Waals surface area contributed by atoms with Gasteiger partial charge in [0.1, 0.15) is 0 Å². The number of ether oxygens (including phenoxy) is 1. The zero-order valence-electron chi connectivity index (χ0n) is 12.9. The molecule has 0 saturated carbocycles. The van der Waals surface area contributed by atoms with E-state index in [0.29, 0.717) is 23.9 Å². The summed E-state index contributed by atoms with van der Waals surface area (Å²) in [6, 6.07) is 5.35. The van der Waals surface area contributed by atoms with Crippen LogP contribution in [-0.2, 0) is 0 Å². The average molecular weight is 292 g/mol. The van der Waals surface area contributed by atoms with Crippen molar-refractivity contribution in [3.63, 3.8) is 0 Å². The summed E-state index contributed by atoms with van der Waals surface area (Å²) in [7, 11) is 1.49. The van der Waals surface area contributed by atoms with Gasteiger partial charge in [0.05, 0.1) is 7.11 Å². The van der Waals surface area contributed by atoms with Crippen molar-refractivity contribution in [2.75, 3.05) is 20.2 Å². The molecule has 1 saturated heterocycles. The molecule has 2 atom stereocenters. The molecule has 1 aromatic carbocycles. The Morgan fingerprint density at radius 1 is 1.43 bits per heavy atom. The molecule has 1 aliphatic heterocycles. The lowest BCUT2D eigenvalue weighted by atomic mass is 10.0. The number of rotatable bonds is 4. The maximum Gasteiger partial charge on any atom is 0.254 e. The number of hydrogen-bond acceptors (Lipinski definition) is 4. The molecule has 2 rings (SSSR count). The summed E-state index contributed by atoms with van der Waals surface area (Å²) < 4.78 is 5.02. The quantitative estimate of drug-likeness (QED) is 0.891. The fourth-order valence-corrected chi connectivity index (χ4v) is 2.74. The Kier molecular flexibility index (Phi) is 5.07. The van der Waals surface area contributed by atoms with Gasteiger partial charge >= 0.3 is 0 Å². The van der Waals surface area contributed by atoms with Gasteiger partial charge in [-0.1, -0.05) is 13.8 Å². The second kappa shape index (κ2) is 6.80. The third kappa shape index (κ3) is 3.29. The van der Waals surface area contributed by atoms with Crippen LogP contribution in [0.25, 0.3) is 0 Å². The van der Waals surface area contributed by atoms with Gasteiger partial charge in [0, 0.05) is 30.7 Å². The molecule has 0 bridgehead atoms. The van der Waals surface area contributed by atoms with Crippen LogP contribution in [0.15, 0.2) is 18.2 Å². The Bertz CT molecular complexity index is 504. The van der Waals surface area contributed by atoms with E-state index in [1.165, 1.54) is 13.2 Å². The van der Waals surface area contributed by atoms with Crippen molar-refractivity contribution in [3.8, 4) is 11.5 Å². The topological polar surface area (TPSA) is 61.8 Å². The highest BCUT2D eigenvalue weighted by Crippen LogP contribution is 2.27. The van der Waals surface area contributed by atoms with Gasteiger partial charge in [-0.15, -0.1) is 0 Å². The van der Waals surface area contributed by atoms with Crippen molar-refractivity contribution in [3.05, 3.63) is 23.8 Å². The van der Waals surface area contributed by atoms with Crippen molar-refractivity contribution in [2.45, 2.75) is 38.8 Å². The Balaban J connectivity index is 2.21. The SMILES string of the molecule is CCC1CN(C(=O)c2ccc(OC)c(O)c2)C(CC)CN1. The summed E-state index contributed by atoms with van der Waals surface area (Å²) in [5.41, 5.74) is 0.503. The molecule has 0 radical (unpaired) electrons. The van der Waals surface area contributed by atoms with E-state index in [9.17, 15) is 9.90 Å². The van der Waals surface area contributed by atoms with Gasteiger partial charge in [-0.3, -0.25) is 4.79 Å². The summed E-state index contributed by atoms with van der Waals surface area (Å²) in [6.07, 6.45) is 1.91. The largest absolute Gasteiger partial charge is 0.504 e. The van der Waals surface area contributed by atoms with Gasteiger partial charge in [0.15, 0.2) is 11.5 Å². The average Bonchev–Trinajstić information content (AvgIpc) is 2.53. The number of amides is 1. The molecule has 21 heavy (non-hydrogen) atoms. The second-order valence-corrected chi connectivity index (χ2v) is 5.42. The highest BCUT2D eigenvalue weighted by Gasteiger charge is 2.30. The summed E-state index contributed by atoms with van der Waals surface area (Å²) in [5.74, 6) is 0.351. The zero-order valence-corrected chi connectivity index (χ0v) is 12.9. The van der Waals surface area contributed by atoms with Crippen LogP contribution >= 0.6 is 0 Å². The Morgan fingerprint density at radius 3 is 2.76 bits per heavy atom. The van der Waals surface area contributed by atoms with Crippen LogP contribution in [0.4, 0.5) is 0 Å². The van der Waals surface area contributed by atoms with Gasteiger partial charge in [-0.2, -0.15) is 0 Å². The smallest absolute Gasteiger partial charge is 0.254 e. The Hall–Kier alpha value is -1.75. The van der Waals surface area contributed by atoms with E-state index in [1.54, 1.807) is 12.1 Å². The van der Waals surface area contributed by atoms with E-state index in [2.05, 4.69) is 19.2 Å². The lowest BCUT2D eigenvalue weighted by Gasteiger charge is -2.40. The number of nitrogens with one attached hydrogen (secondary N) is 1. The third-order valence-electron chi connectivity index (χ3n) is 4.15. The van der Waals surface area contributed by atoms with Crippen molar-refractivity contribution in [1.82, 2.24) is 10.2 Å². The van der Waals surface area contributed by atoms with Crippen LogP contribution in [0.2, 0.25) is 0 Å². The molecular weight excluding hydrogens is 268 g/mol. The minimum absolute atomic E-state index is 0.00132. The lowest BCUT2D eigenvalue weighted by molar-refractivity contribution is 0.0575. The number of nitrogens with zero attached hydrogens (tertiary/aromatic N) is 1. The van der Waals surface area contributed by atoms with E-state index in [1.807, 2.05) is 4.90 Å². The number of aromatic hydroxyl groups is 1. The normalized spacial score (nSPS) is 22.1. The van der Waals surface area contributed by atoms with Crippen LogP contribution in [0, 0.1) is 0 Å². The monoisotopic (exact) mass is 292 g/mol. The minimum Gasteiger partial charge on any atom is -0.504 e. The number of benzene rings is 1. The highest BCUT2D eigenvalue weighted by atomic mass is 16.5.